The summed E-state index contributed by atoms with van der Waals surface area (Å²) in [6.07, 6.45) is 3.79. The van der Waals surface area contributed by atoms with Crippen LogP contribution in [0.4, 0.5) is 11.4 Å². The monoisotopic (exact) mass is 327 g/mol. The van der Waals surface area contributed by atoms with Crippen LogP contribution in [0, 0.1) is 12.1 Å². The van der Waals surface area contributed by atoms with Crippen molar-refractivity contribution in [2.75, 3.05) is 29.9 Å². The topological polar surface area (TPSA) is 68.5 Å². The normalized spacial score (nSPS) is 13.8. The average molecular weight is 327 g/mol. The zero-order valence-electron chi connectivity index (χ0n) is 13.7. The molecule has 6 heteroatoms. The Bertz CT molecular complexity index is 727. The maximum Gasteiger partial charge on any atom is 0.379 e. The van der Waals surface area contributed by atoms with Gasteiger partial charge in [0.25, 0.3) is 5.91 Å². The highest BCUT2D eigenvalue weighted by atomic mass is 16.6. The molecule has 2 aromatic rings. The quantitative estimate of drug-likeness (QED) is 0.675. The second-order valence-electron chi connectivity index (χ2n) is 5.89. The van der Waals surface area contributed by atoms with Gasteiger partial charge in [-0.05, 0) is 49.6 Å². The van der Waals surface area contributed by atoms with E-state index in [0.29, 0.717) is 4.73 Å². The highest BCUT2D eigenvalue weighted by Crippen LogP contribution is 2.25. The number of nitrogens with zero attached hydrogens (tertiary/aromatic N) is 2. The molecule has 3 rings (SSSR count). The molecular weight excluding hydrogens is 306 g/mol. The van der Waals surface area contributed by atoms with E-state index in [-0.39, 0.29) is 18.4 Å². The summed E-state index contributed by atoms with van der Waals surface area (Å²) >= 11 is 0. The second-order valence-corrected chi connectivity index (χ2v) is 5.89. The Hall–Kier alpha value is -2.76. The van der Waals surface area contributed by atoms with Gasteiger partial charge in [0.1, 0.15) is 0 Å². The molecule has 1 aromatic heterocycles. The van der Waals surface area contributed by atoms with Crippen molar-refractivity contribution in [2.24, 2.45) is 0 Å². The average Bonchev–Trinajstić information content (AvgIpc) is 3.10. The van der Waals surface area contributed by atoms with Crippen molar-refractivity contribution in [3.8, 4) is 5.88 Å². The van der Waals surface area contributed by atoms with Gasteiger partial charge in [-0.25, -0.2) is 0 Å². The van der Waals surface area contributed by atoms with Gasteiger partial charge in [-0.3, -0.25) is 4.79 Å². The van der Waals surface area contributed by atoms with Crippen LogP contribution in [0.15, 0.2) is 42.6 Å². The summed E-state index contributed by atoms with van der Waals surface area (Å²) in [6.45, 7) is 3.94. The molecule has 2 heterocycles. The van der Waals surface area contributed by atoms with E-state index in [1.54, 1.807) is 12.1 Å². The highest BCUT2D eigenvalue weighted by molar-refractivity contribution is 5.92. The largest absolute Gasteiger partial charge is 0.616 e. The van der Waals surface area contributed by atoms with E-state index in [1.807, 2.05) is 19.1 Å². The highest BCUT2D eigenvalue weighted by Gasteiger charge is 2.14. The molecule has 1 N–H and O–H groups in total. The van der Waals surface area contributed by atoms with Crippen molar-refractivity contribution in [2.45, 2.75) is 19.8 Å². The smallest absolute Gasteiger partial charge is 0.379 e. The number of carbonyl (C=O) groups excluding carboxylic acids is 1. The summed E-state index contributed by atoms with van der Waals surface area (Å²) < 4.78 is 5.83. The number of aryl methyl sites for hydroxylation is 1. The lowest BCUT2D eigenvalue weighted by molar-refractivity contribution is -0.612. The Kier molecular flexibility index (Phi) is 4.84. The summed E-state index contributed by atoms with van der Waals surface area (Å²) in [5.41, 5.74) is 2.96. The number of benzene rings is 1. The summed E-state index contributed by atoms with van der Waals surface area (Å²) in [5, 5.41) is 14.3. The van der Waals surface area contributed by atoms with Crippen molar-refractivity contribution in [1.29, 1.82) is 0 Å². The number of rotatable bonds is 5. The van der Waals surface area contributed by atoms with Gasteiger partial charge in [0.05, 0.1) is 6.07 Å². The fourth-order valence-electron chi connectivity index (χ4n) is 2.81. The first-order chi connectivity index (χ1) is 11.6. The minimum atomic E-state index is -0.295. The van der Waals surface area contributed by atoms with E-state index in [1.165, 1.54) is 30.8 Å². The maximum absolute atomic E-state index is 12.0. The summed E-state index contributed by atoms with van der Waals surface area (Å²) in [7, 11) is 0. The predicted octanol–water partition coefficient (Wildman–Crippen LogP) is 2.25. The van der Waals surface area contributed by atoms with Crippen molar-refractivity contribution in [3.05, 3.63) is 53.4 Å². The molecule has 126 valence electrons. The van der Waals surface area contributed by atoms with E-state index < -0.39 is 0 Å². The van der Waals surface area contributed by atoms with Gasteiger partial charge in [0.2, 0.25) is 0 Å². The van der Waals surface area contributed by atoms with E-state index in [2.05, 4.69) is 16.3 Å². The minimum absolute atomic E-state index is 0.105. The number of ether oxygens (including phenoxy) is 1. The Morgan fingerprint density at radius 2 is 2.08 bits per heavy atom. The zero-order valence-corrected chi connectivity index (χ0v) is 13.7. The molecule has 1 fully saturated rings. The zero-order chi connectivity index (χ0) is 16.9. The molecule has 0 radical (unpaired) electrons. The third-order valence-electron chi connectivity index (χ3n) is 4.10. The lowest BCUT2D eigenvalue weighted by Gasteiger charge is -2.19. The molecular formula is C18H21N3O3. The standard InChI is InChI=1S/C18H21N3O3/c1-14-12-15(20-9-4-5-10-20)7-8-16(14)19-17(22)13-24-18-6-2-3-11-21(18)23/h2-3,6-8,11-12H,4-5,9-10,13H2,1H3,(H,19,22). The van der Waals surface area contributed by atoms with Crippen LogP contribution in [0.2, 0.25) is 0 Å². The molecule has 1 aliphatic heterocycles. The minimum Gasteiger partial charge on any atom is -0.616 e. The number of hydrogen-bond acceptors (Lipinski definition) is 4. The predicted molar refractivity (Wildman–Crippen MR) is 92.2 cm³/mol. The van der Waals surface area contributed by atoms with Crippen LogP contribution in [0.25, 0.3) is 0 Å². The van der Waals surface area contributed by atoms with Crippen molar-refractivity contribution >= 4 is 17.3 Å². The third kappa shape index (κ3) is 3.76. The van der Waals surface area contributed by atoms with E-state index >= 15 is 0 Å². The van der Waals surface area contributed by atoms with Crippen LogP contribution < -0.4 is 19.7 Å². The van der Waals surface area contributed by atoms with E-state index in [4.69, 9.17) is 4.74 Å². The lowest BCUT2D eigenvalue weighted by Crippen LogP contribution is -2.30. The van der Waals surface area contributed by atoms with Crippen molar-refractivity contribution < 1.29 is 14.3 Å². The Balaban J connectivity index is 1.59. The summed E-state index contributed by atoms with van der Waals surface area (Å²) in [4.78, 5) is 14.4. The van der Waals surface area contributed by atoms with Crippen LogP contribution in [0.1, 0.15) is 18.4 Å². The molecule has 0 unspecified atom stereocenters. The Morgan fingerprint density at radius 1 is 1.29 bits per heavy atom. The van der Waals surface area contributed by atoms with Gasteiger partial charge >= 0.3 is 5.88 Å². The number of pyridine rings is 1. The SMILES string of the molecule is Cc1cc(N2CCCC2)ccc1NC(=O)COc1cccc[n+]1[O-]. The molecule has 0 aliphatic carbocycles. The van der Waals surface area contributed by atoms with Gasteiger partial charge in [0, 0.05) is 30.5 Å². The molecule has 24 heavy (non-hydrogen) atoms. The molecule has 0 spiro atoms. The van der Waals surface area contributed by atoms with Crippen molar-refractivity contribution in [3.63, 3.8) is 0 Å². The maximum atomic E-state index is 12.0. The number of carbonyl (C=O) groups is 1. The third-order valence-corrected chi connectivity index (χ3v) is 4.10. The lowest BCUT2D eigenvalue weighted by atomic mass is 10.1. The molecule has 1 aliphatic rings. The second kappa shape index (κ2) is 7.21. The summed E-state index contributed by atoms with van der Waals surface area (Å²) in [6, 6.07) is 10.8. The molecule has 1 aromatic carbocycles. The van der Waals surface area contributed by atoms with Gasteiger partial charge in [0.15, 0.2) is 12.8 Å². The molecule has 0 saturated carbocycles. The molecule has 0 atom stereocenters. The number of nitrogens with one attached hydrogen (secondary N) is 1. The number of aromatic nitrogens is 1. The molecule has 1 amide bonds. The fourth-order valence-corrected chi connectivity index (χ4v) is 2.81. The Morgan fingerprint density at radius 3 is 2.79 bits per heavy atom. The molecule has 0 bridgehead atoms. The summed E-state index contributed by atoms with van der Waals surface area (Å²) in [5.74, 6) is -0.190. The first-order valence-electron chi connectivity index (χ1n) is 8.10. The molecule has 1 saturated heterocycles. The van der Waals surface area contributed by atoms with E-state index in [0.717, 1.165) is 24.3 Å². The Labute approximate surface area is 141 Å². The van der Waals surface area contributed by atoms with Gasteiger partial charge in [-0.1, -0.05) is 0 Å². The van der Waals surface area contributed by atoms with Crippen molar-refractivity contribution in [1.82, 2.24) is 0 Å². The van der Waals surface area contributed by atoms with Gasteiger partial charge < -0.3 is 20.2 Å². The van der Waals surface area contributed by atoms with Crippen LogP contribution >= 0.6 is 0 Å². The van der Waals surface area contributed by atoms with Crippen LogP contribution in [-0.2, 0) is 4.79 Å². The van der Waals surface area contributed by atoms with Crippen LogP contribution in [0.5, 0.6) is 5.88 Å². The number of anilines is 2. The first kappa shape index (κ1) is 16.1. The molecule has 6 nitrogen and oxygen atoms in total. The first-order valence-corrected chi connectivity index (χ1v) is 8.10. The van der Waals surface area contributed by atoms with Gasteiger partial charge in [-0.15, -0.1) is 4.73 Å². The van der Waals surface area contributed by atoms with Crippen LogP contribution in [0.3, 0.4) is 0 Å². The number of hydrogen-bond donors (Lipinski definition) is 1. The number of amides is 1. The van der Waals surface area contributed by atoms with E-state index in [9.17, 15) is 10.0 Å². The van der Waals surface area contributed by atoms with Gasteiger partial charge in [-0.2, -0.15) is 0 Å². The van der Waals surface area contributed by atoms with Crippen LogP contribution in [-0.4, -0.2) is 25.6 Å². The fraction of sp³-hybridized carbons (Fsp3) is 0.333.